The lowest BCUT2D eigenvalue weighted by Crippen LogP contribution is -2.18. The summed E-state index contributed by atoms with van der Waals surface area (Å²) in [5, 5.41) is 12.0. The number of hydrogen-bond acceptors (Lipinski definition) is 4. The van der Waals surface area contributed by atoms with Crippen molar-refractivity contribution in [2.75, 3.05) is 4.72 Å². The molecule has 0 radical (unpaired) electrons. The van der Waals surface area contributed by atoms with Crippen LogP contribution in [0, 0.1) is 24.0 Å². The van der Waals surface area contributed by atoms with Gasteiger partial charge in [0, 0.05) is 10.0 Å². The van der Waals surface area contributed by atoms with Crippen LogP contribution in [0.5, 0.6) is 0 Å². The van der Waals surface area contributed by atoms with E-state index in [-0.39, 0.29) is 21.7 Å². The Morgan fingerprint density at radius 1 is 1.03 bits per heavy atom. The predicted molar refractivity (Wildman–Crippen MR) is 118 cm³/mol. The second kappa shape index (κ2) is 6.80. The lowest BCUT2D eigenvalue weighted by molar-refractivity contribution is -0.386. The summed E-state index contributed by atoms with van der Waals surface area (Å²) in [4.78, 5) is 11.7. The highest BCUT2D eigenvalue weighted by molar-refractivity contribution is 9.10. The second-order valence-electron chi connectivity index (χ2n) is 9.03. The minimum atomic E-state index is -3.90. The molecule has 3 rings (SSSR count). The first kappa shape index (κ1) is 21.8. The number of sulfonamides is 1. The van der Waals surface area contributed by atoms with Crippen LogP contribution in [0.15, 0.2) is 33.6 Å². The third-order valence-corrected chi connectivity index (χ3v) is 7.80. The molecule has 2 aromatic rings. The molecule has 0 aromatic heterocycles. The highest BCUT2D eigenvalue weighted by Gasteiger charge is 2.49. The van der Waals surface area contributed by atoms with Crippen molar-refractivity contribution >= 4 is 37.3 Å². The Balaban J connectivity index is 2.28. The third kappa shape index (κ3) is 3.57. The van der Waals surface area contributed by atoms with Gasteiger partial charge >= 0.3 is 0 Å². The van der Waals surface area contributed by atoms with E-state index in [1.165, 1.54) is 12.1 Å². The van der Waals surface area contributed by atoms with Crippen LogP contribution in [0.3, 0.4) is 0 Å². The van der Waals surface area contributed by atoms with Crippen molar-refractivity contribution in [3.05, 3.63) is 61.1 Å². The first-order chi connectivity index (χ1) is 13.2. The summed E-state index contributed by atoms with van der Waals surface area (Å²) in [5.41, 5.74) is 2.18. The fourth-order valence-electron chi connectivity index (χ4n) is 4.66. The standard InChI is InChI=1S/C21H25BrN2O4S/c1-12-7-9-14(10-8-12)29(27,28)23-18-13(2)19(24(25)26)16-15(17(18)22)20(3,4)11-21(16,5)6/h7-10,23H,11H2,1-6H3. The molecule has 1 aliphatic carbocycles. The number of nitrogens with zero attached hydrogens (tertiary/aromatic N) is 1. The summed E-state index contributed by atoms with van der Waals surface area (Å²) >= 11 is 3.58. The van der Waals surface area contributed by atoms with Crippen LogP contribution in [0.2, 0.25) is 0 Å². The van der Waals surface area contributed by atoms with E-state index >= 15 is 0 Å². The zero-order valence-corrected chi connectivity index (χ0v) is 19.8. The van der Waals surface area contributed by atoms with E-state index in [2.05, 4.69) is 20.7 Å². The fourth-order valence-corrected chi connectivity index (χ4v) is 7.06. The van der Waals surface area contributed by atoms with Gasteiger partial charge in [-0.25, -0.2) is 8.42 Å². The van der Waals surface area contributed by atoms with Gasteiger partial charge in [-0.15, -0.1) is 0 Å². The molecular formula is C21H25BrN2O4S. The topological polar surface area (TPSA) is 89.3 Å². The average molecular weight is 481 g/mol. The second-order valence-corrected chi connectivity index (χ2v) is 11.5. The Morgan fingerprint density at radius 3 is 2.07 bits per heavy atom. The lowest BCUT2D eigenvalue weighted by atomic mass is 9.81. The fraction of sp³-hybridized carbons (Fsp3) is 0.429. The third-order valence-electron chi connectivity index (χ3n) is 5.64. The molecule has 0 atom stereocenters. The molecule has 0 amide bonds. The molecule has 0 spiro atoms. The minimum Gasteiger partial charge on any atom is -0.278 e. The molecule has 1 N–H and O–H groups in total. The number of anilines is 1. The Bertz CT molecular complexity index is 1120. The molecule has 8 heteroatoms. The van der Waals surface area contributed by atoms with Crippen LogP contribution < -0.4 is 4.72 Å². The summed E-state index contributed by atoms with van der Waals surface area (Å²) < 4.78 is 29.1. The number of rotatable bonds is 4. The smallest absolute Gasteiger partial charge is 0.278 e. The van der Waals surface area contributed by atoms with Gasteiger partial charge in [-0.05, 0) is 64.7 Å². The monoisotopic (exact) mass is 480 g/mol. The Labute approximate surface area is 180 Å². The van der Waals surface area contributed by atoms with Gasteiger partial charge in [0.1, 0.15) is 0 Å². The van der Waals surface area contributed by atoms with Crippen LogP contribution in [0.25, 0.3) is 0 Å². The molecule has 6 nitrogen and oxygen atoms in total. The summed E-state index contributed by atoms with van der Waals surface area (Å²) in [7, 11) is -3.90. The quantitative estimate of drug-likeness (QED) is 0.446. The number of aryl methyl sites for hydroxylation is 1. The number of nitrogens with one attached hydrogen (secondary N) is 1. The number of hydrogen-bond donors (Lipinski definition) is 1. The summed E-state index contributed by atoms with van der Waals surface area (Å²) in [6.07, 6.45) is 0.725. The van der Waals surface area contributed by atoms with Gasteiger partial charge in [-0.2, -0.15) is 0 Å². The van der Waals surface area contributed by atoms with Gasteiger partial charge in [0.15, 0.2) is 0 Å². The number of nitro benzene ring substituents is 1. The molecular weight excluding hydrogens is 456 g/mol. The van der Waals surface area contributed by atoms with Gasteiger partial charge in [-0.3, -0.25) is 14.8 Å². The molecule has 156 valence electrons. The molecule has 0 saturated carbocycles. The largest absolute Gasteiger partial charge is 0.278 e. The maximum Gasteiger partial charge on any atom is 0.278 e. The number of halogens is 1. The zero-order chi connectivity index (χ0) is 21.9. The molecule has 0 fully saturated rings. The highest BCUT2D eigenvalue weighted by atomic mass is 79.9. The van der Waals surface area contributed by atoms with Crippen molar-refractivity contribution in [2.24, 2.45) is 0 Å². The summed E-state index contributed by atoms with van der Waals surface area (Å²) in [5.74, 6) is 0. The van der Waals surface area contributed by atoms with E-state index in [0.717, 1.165) is 17.5 Å². The van der Waals surface area contributed by atoms with Crippen molar-refractivity contribution in [1.29, 1.82) is 0 Å². The summed E-state index contributed by atoms with van der Waals surface area (Å²) in [6, 6.07) is 6.48. The normalized spacial score (nSPS) is 17.1. The Morgan fingerprint density at radius 2 is 1.55 bits per heavy atom. The Hall–Kier alpha value is -1.93. The van der Waals surface area contributed by atoms with Gasteiger partial charge in [0.05, 0.1) is 21.1 Å². The lowest BCUT2D eigenvalue weighted by Gasteiger charge is -2.23. The highest BCUT2D eigenvalue weighted by Crippen LogP contribution is 2.58. The van der Waals surface area contributed by atoms with E-state index in [0.29, 0.717) is 15.6 Å². The van der Waals surface area contributed by atoms with Gasteiger partial charge in [-0.1, -0.05) is 45.4 Å². The van der Waals surface area contributed by atoms with Crippen molar-refractivity contribution < 1.29 is 13.3 Å². The first-order valence-electron chi connectivity index (χ1n) is 9.30. The SMILES string of the molecule is Cc1ccc(S(=O)(=O)Nc2c(C)c([N+](=O)[O-])c3c(c2Br)C(C)(C)CC3(C)C)cc1. The molecule has 0 saturated heterocycles. The maximum absolute atomic E-state index is 13.0. The molecule has 1 aliphatic rings. The Kier molecular flexibility index (Phi) is 5.11. The molecule has 2 aromatic carbocycles. The predicted octanol–water partition coefficient (Wildman–Crippen LogP) is 5.73. The average Bonchev–Trinajstić information content (AvgIpc) is 2.76. The van der Waals surface area contributed by atoms with Gasteiger partial charge in [0.2, 0.25) is 0 Å². The van der Waals surface area contributed by atoms with Gasteiger partial charge in [0.25, 0.3) is 15.7 Å². The van der Waals surface area contributed by atoms with Crippen molar-refractivity contribution in [1.82, 2.24) is 0 Å². The summed E-state index contributed by atoms with van der Waals surface area (Å²) in [6.45, 7) is 11.5. The molecule has 0 bridgehead atoms. The van der Waals surface area contributed by atoms with E-state index < -0.39 is 20.4 Å². The number of benzene rings is 2. The molecule has 0 heterocycles. The zero-order valence-electron chi connectivity index (χ0n) is 17.4. The van der Waals surface area contributed by atoms with Crippen LogP contribution in [-0.2, 0) is 20.9 Å². The van der Waals surface area contributed by atoms with Gasteiger partial charge < -0.3 is 0 Å². The van der Waals surface area contributed by atoms with Crippen LogP contribution in [0.1, 0.15) is 56.4 Å². The number of nitro groups is 1. The van der Waals surface area contributed by atoms with Crippen LogP contribution >= 0.6 is 15.9 Å². The molecule has 0 unspecified atom stereocenters. The van der Waals surface area contributed by atoms with Crippen molar-refractivity contribution in [2.45, 2.75) is 63.7 Å². The van der Waals surface area contributed by atoms with E-state index in [1.807, 2.05) is 34.6 Å². The van der Waals surface area contributed by atoms with Crippen molar-refractivity contribution in [3.8, 4) is 0 Å². The molecule has 29 heavy (non-hydrogen) atoms. The van der Waals surface area contributed by atoms with Crippen LogP contribution in [0.4, 0.5) is 11.4 Å². The van der Waals surface area contributed by atoms with E-state index in [1.54, 1.807) is 19.1 Å². The van der Waals surface area contributed by atoms with Crippen LogP contribution in [-0.4, -0.2) is 13.3 Å². The molecule has 0 aliphatic heterocycles. The maximum atomic E-state index is 13.0. The van der Waals surface area contributed by atoms with Crippen molar-refractivity contribution in [3.63, 3.8) is 0 Å². The minimum absolute atomic E-state index is 0.0135. The first-order valence-corrected chi connectivity index (χ1v) is 11.6. The number of fused-ring (bicyclic) bond motifs is 1. The van der Waals surface area contributed by atoms with E-state index in [4.69, 9.17) is 0 Å². The van der Waals surface area contributed by atoms with E-state index in [9.17, 15) is 18.5 Å².